The molecule has 2 aliphatic rings. The standard InChI is InChI=1S/C38H36Br2Cl2N4.Ru/c1-21-17-23(3)36(24(4)18-21)45-15-16-46(37-25(5)19-22(2)20-26(37)6)38(45)35-32(42)31(41)30(40)34(44-35)29(27-11-8-7-9-12-27)33-28(39)13-10-14-43-33;/h7-14,17-20,29,44H,15-16H2,1-6H3;/q;+2. The monoisotopic (exact) mass is 878 g/mol. The van der Waals surface area contributed by atoms with E-state index >= 15 is 0 Å². The van der Waals surface area contributed by atoms with Crippen LogP contribution in [0.5, 0.6) is 0 Å². The number of nitrogens with zero attached hydrogens (tertiary/aromatic N) is 3. The van der Waals surface area contributed by atoms with Crippen LogP contribution in [0.25, 0.3) is 0 Å². The fourth-order valence-electron chi connectivity index (χ4n) is 7.10. The molecule has 0 spiro atoms. The molecule has 1 aromatic heterocycles. The van der Waals surface area contributed by atoms with E-state index in [-0.39, 0.29) is 25.4 Å². The van der Waals surface area contributed by atoms with Gasteiger partial charge in [0.05, 0.1) is 26.2 Å². The molecule has 0 radical (unpaired) electrons. The number of dihydropyridines is 1. The van der Waals surface area contributed by atoms with Crippen molar-refractivity contribution in [2.45, 2.75) is 47.5 Å². The van der Waals surface area contributed by atoms with E-state index in [2.05, 4.69) is 125 Å². The number of nitrogens with one attached hydrogen (secondary N) is 1. The summed E-state index contributed by atoms with van der Waals surface area (Å²) in [5.74, 6) is 0.701. The Labute approximate surface area is 318 Å². The average Bonchev–Trinajstić information content (AvgIpc) is 3.41. The van der Waals surface area contributed by atoms with Crippen LogP contribution >= 0.6 is 55.1 Å². The van der Waals surface area contributed by atoms with Crippen molar-refractivity contribution in [1.29, 1.82) is 0 Å². The molecule has 47 heavy (non-hydrogen) atoms. The predicted octanol–water partition coefficient (Wildman–Crippen LogP) is 10.9. The zero-order chi connectivity index (χ0) is 32.9. The Morgan fingerprint density at radius 3 is 1.72 bits per heavy atom. The first-order valence-corrected chi connectivity index (χ1v) is 17.6. The second-order valence-corrected chi connectivity index (χ2v) is 14.6. The summed E-state index contributed by atoms with van der Waals surface area (Å²) < 4.78 is 1.61. The Morgan fingerprint density at radius 2 is 1.23 bits per heavy atom. The molecule has 3 heterocycles. The van der Waals surface area contributed by atoms with Gasteiger partial charge in [-0.3, -0.25) is 4.98 Å². The van der Waals surface area contributed by atoms with Gasteiger partial charge in [-0.2, -0.15) is 0 Å². The molecule has 9 heteroatoms. The van der Waals surface area contributed by atoms with Gasteiger partial charge in [-0.15, -0.1) is 0 Å². The Morgan fingerprint density at radius 1 is 0.723 bits per heavy atom. The van der Waals surface area contributed by atoms with Gasteiger partial charge >= 0.3 is 19.5 Å². The summed E-state index contributed by atoms with van der Waals surface area (Å²) in [6.07, 6.45) is 1.82. The Bertz CT molecular complexity index is 1840. The fourth-order valence-corrected chi connectivity index (χ4v) is 8.64. The van der Waals surface area contributed by atoms with Crippen LogP contribution in [0.3, 0.4) is 0 Å². The van der Waals surface area contributed by atoms with Gasteiger partial charge in [0.25, 0.3) is 0 Å². The number of aromatic nitrogens is 1. The smallest absolute Gasteiger partial charge is 0.353 e. The summed E-state index contributed by atoms with van der Waals surface area (Å²) in [4.78, 5) is 9.66. The van der Waals surface area contributed by atoms with Crippen LogP contribution in [0.4, 0.5) is 11.4 Å². The minimum atomic E-state index is -0.269. The third-order valence-electron chi connectivity index (χ3n) is 8.68. The van der Waals surface area contributed by atoms with Crippen LogP contribution in [-0.2, 0) is 19.5 Å². The Balaban J connectivity index is 0.00000433. The van der Waals surface area contributed by atoms with Crippen LogP contribution in [0.1, 0.15) is 50.6 Å². The average molecular weight is 881 g/mol. The van der Waals surface area contributed by atoms with Gasteiger partial charge in [0.1, 0.15) is 11.5 Å². The minimum absolute atomic E-state index is 0. The van der Waals surface area contributed by atoms with Gasteiger partial charge in [0, 0.05) is 40.8 Å². The van der Waals surface area contributed by atoms with Crippen molar-refractivity contribution in [3.05, 3.63) is 154 Å². The number of pyridine rings is 1. The Hall–Kier alpha value is -2.41. The van der Waals surface area contributed by atoms with Gasteiger partial charge < -0.3 is 15.1 Å². The van der Waals surface area contributed by atoms with Crippen LogP contribution in [0.2, 0.25) is 0 Å². The number of aryl methyl sites for hydroxylation is 6. The molecule has 4 aromatic rings. The van der Waals surface area contributed by atoms with E-state index in [9.17, 15) is 0 Å². The van der Waals surface area contributed by atoms with Gasteiger partial charge in [-0.25, -0.2) is 0 Å². The van der Waals surface area contributed by atoms with Crippen LogP contribution in [0, 0.1) is 41.5 Å². The summed E-state index contributed by atoms with van der Waals surface area (Å²) >= 11 is 22.1. The maximum absolute atomic E-state index is 7.30. The van der Waals surface area contributed by atoms with Gasteiger partial charge in [-0.05, 0) is 113 Å². The number of anilines is 2. The van der Waals surface area contributed by atoms with Crippen molar-refractivity contribution in [1.82, 2.24) is 10.3 Å². The molecular weight excluding hydrogens is 844 g/mol. The first kappa shape index (κ1) is 35.9. The van der Waals surface area contributed by atoms with E-state index in [0.29, 0.717) is 14.5 Å². The molecule has 2 aliphatic heterocycles. The first-order chi connectivity index (χ1) is 22.0. The van der Waals surface area contributed by atoms with Gasteiger partial charge in [-0.1, -0.05) is 88.9 Å². The Kier molecular flexibility index (Phi) is 11.2. The number of rotatable bonds is 5. The SMILES string of the molecule is Cc1cc(C)c(N2CCN(c3c(C)cc(C)cc3C)C2=C2NC(C(c3ccccc3)c3ncccc3Br)=C(Br)C(Cl)=C2Cl)c(C)c1.[Ru+2]. The normalized spacial score (nSPS) is 15.7. The number of benzene rings is 3. The number of halogens is 4. The number of hydrogen-bond donors (Lipinski definition) is 1. The molecule has 0 bridgehead atoms. The maximum Gasteiger partial charge on any atom is 2.00 e. The molecule has 0 amide bonds. The van der Waals surface area contributed by atoms with Gasteiger partial charge in [0.2, 0.25) is 0 Å². The summed E-state index contributed by atoms with van der Waals surface area (Å²) in [6, 6.07) is 23.3. The largest absolute Gasteiger partial charge is 2.00 e. The van der Waals surface area contributed by atoms with E-state index in [1.54, 1.807) is 0 Å². The molecule has 242 valence electrons. The summed E-state index contributed by atoms with van der Waals surface area (Å²) in [7, 11) is 0. The molecule has 1 fully saturated rings. The fraction of sp³-hybridized carbons (Fsp3) is 0.237. The van der Waals surface area contributed by atoms with E-state index in [4.69, 9.17) is 28.2 Å². The van der Waals surface area contributed by atoms with E-state index in [0.717, 1.165) is 46.0 Å². The summed E-state index contributed by atoms with van der Waals surface area (Å²) in [5.41, 5.74) is 13.3. The number of allylic oxidation sites excluding steroid dienone is 4. The third kappa shape index (κ3) is 6.76. The summed E-state index contributed by atoms with van der Waals surface area (Å²) in [6.45, 7) is 14.6. The van der Waals surface area contributed by atoms with Crippen LogP contribution in [-0.4, -0.2) is 18.1 Å². The molecule has 1 atom stereocenters. The van der Waals surface area contributed by atoms with Crippen molar-refractivity contribution < 1.29 is 19.5 Å². The zero-order valence-electron chi connectivity index (χ0n) is 27.1. The predicted molar refractivity (Wildman–Crippen MR) is 201 cm³/mol. The van der Waals surface area contributed by atoms with Crippen LogP contribution in [0.15, 0.2) is 109 Å². The van der Waals surface area contributed by atoms with Crippen molar-refractivity contribution in [3.8, 4) is 0 Å². The molecule has 1 unspecified atom stereocenters. The van der Waals surface area contributed by atoms with E-state index < -0.39 is 0 Å². The second kappa shape index (κ2) is 14.6. The quantitative estimate of drug-likeness (QED) is 0.202. The summed E-state index contributed by atoms with van der Waals surface area (Å²) in [5, 5.41) is 4.75. The topological polar surface area (TPSA) is 31.4 Å². The van der Waals surface area contributed by atoms with Crippen molar-refractivity contribution in [3.63, 3.8) is 0 Å². The van der Waals surface area contributed by atoms with E-state index in [1.165, 1.54) is 44.8 Å². The number of hydrogen-bond acceptors (Lipinski definition) is 4. The van der Waals surface area contributed by atoms with Crippen molar-refractivity contribution in [2.75, 3.05) is 22.9 Å². The molecular formula is C38H36Br2Cl2N4Ru+2. The molecule has 1 N–H and O–H groups in total. The van der Waals surface area contributed by atoms with Crippen LogP contribution < -0.4 is 15.1 Å². The molecule has 4 nitrogen and oxygen atoms in total. The molecule has 0 aliphatic carbocycles. The van der Waals surface area contributed by atoms with Crippen molar-refractivity contribution in [2.24, 2.45) is 0 Å². The molecule has 6 rings (SSSR count). The van der Waals surface area contributed by atoms with E-state index in [1.807, 2.05) is 36.5 Å². The van der Waals surface area contributed by atoms with Gasteiger partial charge in [0.15, 0.2) is 0 Å². The molecule has 3 aromatic carbocycles. The van der Waals surface area contributed by atoms with Crippen molar-refractivity contribution >= 4 is 66.4 Å². The molecule has 1 saturated heterocycles. The minimum Gasteiger partial charge on any atom is -0.353 e. The maximum atomic E-state index is 7.30. The third-order valence-corrected chi connectivity index (χ3v) is 11.3. The zero-order valence-corrected chi connectivity index (χ0v) is 33.5. The first-order valence-electron chi connectivity index (χ1n) is 15.3. The molecule has 0 saturated carbocycles. The second-order valence-electron chi connectivity index (χ2n) is 12.2.